The van der Waals surface area contributed by atoms with Crippen molar-refractivity contribution in [2.75, 3.05) is 0 Å². The molecule has 1 nitrogen and oxygen atoms in total. The smallest absolute Gasteiger partial charge is 0.163 e. The summed E-state index contributed by atoms with van der Waals surface area (Å²) in [6, 6.07) is 6.76. The first-order valence-corrected chi connectivity index (χ1v) is 5.05. The van der Waals surface area contributed by atoms with E-state index in [1.165, 1.54) is 18.2 Å². The molecule has 0 atom stereocenters. The van der Waals surface area contributed by atoms with Crippen molar-refractivity contribution in [1.82, 2.24) is 0 Å². The van der Waals surface area contributed by atoms with Crippen molar-refractivity contribution in [3.05, 3.63) is 47.5 Å². The summed E-state index contributed by atoms with van der Waals surface area (Å²) in [5, 5.41) is 0.230. The van der Waals surface area contributed by atoms with Crippen LogP contribution in [0, 0.1) is 11.6 Å². The summed E-state index contributed by atoms with van der Waals surface area (Å²) >= 11 is 0. The Hall–Kier alpha value is -1.77. The van der Waals surface area contributed by atoms with Crippen molar-refractivity contribution in [3.8, 4) is 0 Å². The van der Waals surface area contributed by atoms with Crippen LogP contribution in [0.2, 0.25) is 0 Å². The van der Waals surface area contributed by atoms with Crippen LogP contribution in [0.5, 0.6) is 0 Å². The van der Waals surface area contributed by atoms with Gasteiger partial charge in [-0.05, 0) is 23.6 Å². The van der Waals surface area contributed by atoms with Crippen LogP contribution in [-0.2, 0) is 0 Å². The molecule has 0 amide bonds. The van der Waals surface area contributed by atoms with Gasteiger partial charge in [0.15, 0.2) is 5.78 Å². The monoisotopic (exact) mass is 220 g/mol. The third-order valence-electron chi connectivity index (χ3n) is 2.56. The zero-order chi connectivity index (χ0) is 11.7. The predicted octanol–water partition coefficient (Wildman–Crippen LogP) is 3.71. The maximum absolute atomic E-state index is 13.4. The number of ketones is 1. The van der Waals surface area contributed by atoms with E-state index >= 15 is 0 Å². The van der Waals surface area contributed by atoms with Gasteiger partial charge in [0.05, 0.1) is 5.39 Å². The van der Waals surface area contributed by atoms with Crippen molar-refractivity contribution >= 4 is 16.6 Å². The number of hydrogen-bond acceptors (Lipinski definition) is 1. The first-order chi connectivity index (χ1) is 7.65. The largest absolute Gasteiger partial charge is 0.294 e. The average Bonchev–Trinajstić information content (AvgIpc) is 2.28. The number of Topliss-reactive ketones (excluding diaryl/α,β-unsaturated/α-hetero) is 1. The molecule has 0 saturated carbocycles. The van der Waals surface area contributed by atoms with Crippen molar-refractivity contribution in [2.45, 2.75) is 13.3 Å². The van der Waals surface area contributed by atoms with Crippen molar-refractivity contribution in [3.63, 3.8) is 0 Å². The van der Waals surface area contributed by atoms with Gasteiger partial charge in [0.25, 0.3) is 0 Å². The van der Waals surface area contributed by atoms with Gasteiger partial charge in [-0.25, -0.2) is 8.78 Å². The van der Waals surface area contributed by atoms with Crippen LogP contribution >= 0.6 is 0 Å². The van der Waals surface area contributed by atoms with Crippen molar-refractivity contribution < 1.29 is 13.6 Å². The predicted molar refractivity (Wildman–Crippen MR) is 58.5 cm³/mol. The van der Waals surface area contributed by atoms with Crippen LogP contribution in [0.25, 0.3) is 10.8 Å². The minimum Gasteiger partial charge on any atom is -0.294 e. The van der Waals surface area contributed by atoms with Crippen LogP contribution in [0.3, 0.4) is 0 Å². The first-order valence-electron chi connectivity index (χ1n) is 5.05. The quantitative estimate of drug-likeness (QED) is 0.705. The fraction of sp³-hybridized carbons (Fsp3) is 0.154. The summed E-state index contributed by atoms with van der Waals surface area (Å²) in [5.41, 5.74) is 0.374. The molecule has 3 heteroatoms. The number of carbonyl (C=O) groups excluding carboxylic acids is 1. The Kier molecular flexibility index (Phi) is 2.69. The minimum absolute atomic E-state index is 0.109. The molecule has 0 N–H and O–H groups in total. The van der Waals surface area contributed by atoms with Gasteiger partial charge in [0.1, 0.15) is 11.6 Å². The SMILES string of the molecule is CCC(=O)c1ccc(F)c2c(F)cccc12. The Balaban J connectivity index is 2.84. The van der Waals surface area contributed by atoms with Crippen molar-refractivity contribution in [2.24, 2.45) is 0 Å². The standard InChI is InChI=1S/C13H10F2O/c1-2-12(16)8-6-7-11(15)13-9(8)4-3-5-10(13)14/h3-7H,2H2,1H3. The zero-order valence-corrected chi connectivity index (χ0v) is 8.76. The summed E-state index contributed by atoms with van der Waals surface area (Å²) in [7, 11) is 0. The number of halogens is 2. The number of hydrogen-bond donors (Lipinski definition) is 0. The molecule has 2 aromatic rings. The second-order valence-corrected chi connectivity index (χ2v) is 3.53. The number of fused-ring (bicyclic) bond motifs is 1. The molecule has 0 aliphatic heterocycles. The van der Waals surface area contributed by atoms with Gasteiger partial charge < -0.3 is 0 Å². The van der Waals surface area contributed by atoms with Gasteiger partial charge in [-0.3, -0.25) is 4.79 Å². The van der Waals surface area contributed by atoms with E-state index in [-0.39, 0.29) is 11.2 Å². The third kappa shape index (κ3) is 1.58. The first kappa shape index (κ1) is 10.7. The molecule has 16 heavy (non-hydrogen) atoms. The van der Waals surface area contributed by atoms with Gasteiger partial charge in [0, 0.05) is 12.0 Å². The maximum Gasteiger partial charge on any atom is 0.163 e. The number of rotatable bonds is 2. The Morgan fingerprint density at radius 3 is 2.50 bits per heavy atom. The summed E-state index contributed by atoms with van der Waals surface area (Å²) < 4.78 is 26.9. The molecule has 0 heterocycles. The summed E-state index contributed by atoms with van der Waals surface area (Å²) in [6.45, 7) is 1.72. The molecule has 0 bridgehead atoms. The highest BCUT2D eigenvalue weighted by Gasteiger charge is 2.13. The summed E-state index contributed by atoms with van der Waals surface area (Å²) in [5.74, 6) is -1.39. The van der Waals surface area contributed by atoms with E-state index in [9.17, 15) is 13.6 Å². The lowest BCUT2D eigenvalue weighted by molar-refractivity contribution is 0.0989. The van der Waals surface area contributed by atoms with E-state index in [2.05, 4.69) is 0 Å². The van der Waals surface area contributed by atoms with E-state index in [0.29, 0.717) is 17.4 Å². The molecule has 0 fully saturated rings. The van der Waals surface area contributed by atoms with Crippen LogP contribution < -0.4 is 0 Å². The number of benzene rings is 2. The number of carbonyl (C=O) groups is 1. The maximum atomic E-state index is 13.4. The topological polar surface area (TPSA) is 17.1 Å². The van der Waals surface area contributed by atoms with Gasteiger partial charge in [-0.1, -0.05) is 19.1 Å². The molecule has 0 unspecified atom stereocenters. The van der Waals surface area contributed by atoms with Crippen LogP contribution in [0.15, 0.2) is 30.3 Å². The van der Waals surface area contributed by atoms with E-state index < -0.39 is 11.6 Å². The molecule has 0 aliphatic carbocycles. The Bertz CT molecular complexity index is 553. The van der Waals surface area contributed by atoms with Crippen molar-refractivity contribution in [1.29, 1.82) is 0 Å². The fourth-order valence-corrected chi connectivity index (χ4v) is 1.75. The highest BCUT2D eigenvalue weighted by atomic mass is 19.1. The average molecular weight is 220 g/mol. The van der Waals surface area contributed by atoms with Gasteiger partial charge >= 0.3 is 0 Å². The lowest BCUT2D eigenvalue weighted by atomic mass is 9.99. The molecular formula is C13H10F2O. The van der Waals surface area contributed by atoms with Gasteiger partial charge in [-0.2, -0.15) is 0 Å². The Morgan fingerprint density at radius 1 is 1.12 bits per heavy atom. The van der Waals surface area contributed by atoms with E-state index in [0.717, 1.165) is 6.07 Å². The molecule has 2 aromatic carbocycles. The van der Waals surface area contributed by atoms with Gasteiger partial charge in [0.2, 0.25) is 0 Å². The lowest BCUT2D eigenvalue weighted by Crippen LogP contribution is -1.99. The molecule has 0 radical (unpaired) electrons. The lowest BCUT2D eigenvalue weighted by Gasteiger charge is -2.06. The van der Waals surface area contributed by atoms with E-state index in [1.54, 1.807) is 13.0 Å². The molecular weight excluding hydrogens is 210 g/mol. The van der Waals surface area contributed by atoms with E-state index in [1.807, 2.05) is 0 Å². The molecule has 0 aromatic heterocycles. The fourth-order valence-electron chi connectivity index (χ4n) is 1.75. The van der Waals surface area contributed by atoms with Gasteiger partial charge in [-0.15, -0.1) is 0 Å². The molecule has 0 saturated heterocycles. The summed E-state index contributed by atoms with van der Waals surface area (Å²) in [4.78, 5) is 11.6. The second-order valence-electron chi connectivity index (χ2n) is 3.53. The second kappa shape index (κ2) is 4.00. The Labute approximate surface area is 91.7 Å². The van der Waals surface area contributed by atoms with Crippen LogP contribution in [0.4, 0.5) is 8.78 Å². The normalized spacial score (nSPS) is 10.7. The molecule has 82 valence electrons. The summed E-state index contributed by atoms with van der Waals surface area (Å²) in [6.07, 6.45) is 0.317. The molecule has 0 aliphatic rings. The minimum atomic E-state index is -0.638. The van der Waals surface area contributed by atoms with Crippen LogP contribution in [0.1, 0.15) is 23.7 Å². The Morgan fingerprint density at radius 2 is 1.81 bits per heavy atom. The van der Waals surface area contributed by atoms with E-state index in [4.69, 9.17) is 0 Å². The highest BCUT2D eigenvalue weighted by molar-refractivity contribution is 6.08. The zero-order valence-electron chi connectivity index (χ0n) is 8.76. The third-order valence-corrected chi connectivity index (χ3v) is 2.56. The molecule has 0 spiro atoms. The molecule has 2 rings (SSSR count). The highest BCUT2D eigenvalue weighted by Crippen LogP contribution is 2.25. The van der Waals surface area contributed by atoms with Crippen LogP contribution in [-0.4, -0.2) is 5.78 Å².